The molecule has 8 nitrogen and oxygen atoms in total. The molecule has 1 fully saturated rings. The van der Waals surface area contributed by atoms with Crippen molar-refractivity contribution in [1.29, 1.82) is 0 Å². The Labute approximate surface area is 118 Å². The lowest BCUT2D eigenvalue weighted by Crippen LogP contribution is -2.56. The van der Waals surface area contributed by atoms with Gasteiger partial charge in [0.2, 0.25) is 5.91 Å². The fourth-order valence-corrected chi connectivity index (χ4v) is 2.15. The second-order valence-corrected chi connectivity index (χ2v) is 4.75. The lowest BCUT2D eigenvalue weighted by molar-refractivity contribution is -0.137. The molecule has 8 heteroatoms. The van der Waals surface area contributed by atoms with Gasteiger partial charge in [-0.05, 0) is 13.5 Å². The molecule has 0 saturated carbocycles. The summed E-state index contributed by atoms with van der Waals surface area (Å²) >= 11 is 0. The molecule has 0 aliphatic carbocycles. The highest BCUT2D eigenvalue weighted by molar-refractivity contribution is 5.86. The normalized spacial score (nSPS) is 19.5. The topological polar surface area (TPSA) is 102 Å². The summed E-state index contributed by atoms with van der Waals surface area (Å²) in [6, 6.07) is -0.00147. The number of amides is 3. The number of likely N-dealkylation sites (N-methyl/N-ethyl adjacent to an activating group) is 1. The van der Waals surface area contributed by atoms with E-state index in [-0.39, 0.29) is 12.6 Å². The Balaban J connectivity index is 2.29. The molecule has 1 unspecified atom stereocenters. The highest BCUT2D eigenvalue weighted by Crippen LogP contribution is 2.08. The zero-order valence-corrected chi connectivity index (χ0v) is 11.9. The van der Waals surface area contributed by atoms with E-state index in [1.165, 1.54) is 0 Å². The van der Waals surface area contributed by atoms with Crippen molar-refractivity contribution in [3.8, 4) is 0 Å². The van der Waals surface area contributed by atoms with E-state index in [1.54, 1.807) is 4.90 Å². The first-order valence-electron chi connectivity index (χ1n) is 6.69. The van der Waals surface area contributed by atoms with E-state index < -0.39 is 18.4 Å². The van der Waals surface area contributed by atoms with Crippen LogP contribution in [0.4, 0.5) is 4.79 Å². The Kier molecular flexibility index (Phi) is 6.23. The third kappa shape index (κ3) is 5.04. The number of carboxylic acids is 1. The van der Waals surface area contributed by atoms with Gasteiger partial charge in [-0.3, -0.25) is 14.5 Å². The van der Waals surface area contributed by atoms with Gasteiger partial charge in [-0.25, -0.2) is 4.79 Å². The molecule has 20 heavy (non-hydrogen) atoms. The van der Waals surface area contributed by atoms with Crippen molar-refractivity contribution < 1.29 is 19.5 Å². The number of hydrogen-bond donors (Lipinski definition) is 3. The minimum absolute atomic E-state index is 0.214. The van der Waals surface area contributed by atoms with Crippen molar-refractivity contribution in [2.24, 2.45) is 0 Å². The predicted molar refractivity (Wildman–Crippen MR) is 72.3 cm³/mol. The van der Waals surface area contributed by atoms with Crippen LogP contribution in [0.5, 0.6) is 0 Å². The molecular weight excluding hydrogens is 264 g/mol. The maximum atomic E-state index is 11.9. The molecule has 1 aliphatic rings. The number of carboxylic acid groups (broad SMARTS) is 1. The summed E-state index contributed by atoms with van der Waals surface area (Å²) in [5.41, 5.74) is 0. The zero-order chi connectivity index (χ0) is 15.1. The van der Waals surface area contributed by atoms with E-state index in [1.807, 2.05) is 0 Å². The Hall–Kier alpha value is -1.83. The van der Waals surface area contributed by atoms with Gasteiger partial charge in [-0.15, -0.1) is 0 Å². The Morgan fingerprint density at radius 3 is 2.45 bits per heavy atom. The van der Waals surface area contributed by atoms with Crippen molar-refractivity contribution in [2.75, 3.05) is 39.3 Å². The molecule has 114 valence electrons. The predicted octanol–water partition coefficient (Wildman–Crippen LogP) is -1.08. The van der Waals surface area contributed by atoms with Crippen molar-refractivity contribution in [1.82, 2.24) is 20.4 Å². The van der Waals surface area contributed by atoms with E-state index in [0.717, 1.165) is 13.1 Å². The number of carbonyl (C=O) groups is 3. The van der Waals surface area contributed by atoms with E-state index >= 15 is 0 Å². The molecule has 1 heterocycles. The van der Waals surface area contributed by atoms with Crippen LogP contribution in [0.25, 0.3) is 0 Å². The number of nitrogens with zero attached hydrogens (tertiary/aromatic N) is 2. The summed E-state index contributed by atoms with van der Waals surface area (Å²) in [7, 11) is 0. The summed E-state index contributed by atoms with van der Waals surface area (Å²) in [4.78, 5) is 37.4. The monoisotopic (exact) mass is 286 g/mol. The minimum atomic E-state index is -1.12. The van der Waals surface area contributed by atoms with Crippen LogP contribution >= 0.6 is 0 Å². The molecule has 0 aromatic rings. The first-order valence-corrected chi connectivity index (χ1v) is 6.69. The number of piperazine rings is 1. The first-order chi connectivity index (χ1) is 9.43. The molecule has 1 rings (SSSR count). The van der Waals surface area contributed by atoms with Gasteiger partial charge < -0.3 is 20.6 Å². The zero-order valence-electron chi connectivity index (χ0n) is 11.9. The summed E-state index contributed by atoms with van der Waals surface area (Å²) in [5.74, 6) is -1.63. The SMILES string of the molecule is CCN1CCN(C(=O)NCC(=O)NCC(=O)O)CC1C. The van der Waals surface area contributed by atoms with Crippen LogP contribution in [-0.2, 0) is 9.59 Å². The molecule has 3 amide bonds. The lowest BCUT2D eigenvalue weighted by Gasteiger charge is -2.39. The van der Waals surface area contributed by atoms with Gasteiger partial charge in [0.05, 0.1) is 6.54 Å². The Bertz CT molecular complexity index is 374. The number of aliphatic carboxylic acids is 1. The van der Waals surface area contributed by atoms with Gasteiger partial charge in [0.1, 0.15) is 6.54 Å². The number of carbonyl (C=O) groups excluding carboxylic acids is 2. The van der Waals surface area contributed by atoms with E-state index in [4.69, 9.17) is 5.11 Å². The maximum Gasteiger partial charge on any atom is 0.322 e. The third-order valence-electron chi connectivity index (χ3n) is 3.30. The molecule has 0 radical (unpaired) electrons. The largest absolute Gasteiger partial charge is 0.480 e. The van der Waals surface area contributed by atoms with Gasteiger partial charge in [0.15, 0.2) is 0 Å². The molecule has 1 saturated heterocycles. The van der Waals surface area contributed by atoms with Crippen LogP contribution in [0.3, 0.4) is 0 Å². The van der Waals surface area contributed by atoms with Gasteiger partial charge in [-0.1, -0.05) is 6.92 Å². The lowest BCUT2D eigenvalue weighted by atomic mass is 10.2. The van der Waals surface area contributed by atoms with E-state index in [2.05, 4.69) is 29.4 Å². The summed E-state index contributed by atoms with van der Waals surface area (Å²) in [5, 5.41) is 13.1. The van der Waals surface area contributed by atoms with Crippen LogP contribution in [0, 0.1) is 0 Å². The molecule has 0 aromatic carbocycles. The average Bonchev–Trinajstić information content (AvgIpc) is 2.42. The quantitative estimate of drug-likeness (QED) is 0.597. The van der Waals surface area contributed by atoms with Crippen LogP contribution in [-0.4, -0.2) is 78.1 Å². The van der Waals surface area contributed by atoms with Gasteiger partial charge in [0.25, 0.3) is 0 Å². The fourth-order valence-electron chi connectivity index (χ4n) is 2.15. The maximum absolute atomic E-state index is 11.9. The van der Waals surface area contributed by atoms with Gasteiger partial charge >= 0.3 is 12.0 Å². The molecule has 1 aliphatic heterocycles. The Morgan fingerprint density at radius 1 is 1.20 bits per heavy atom. The molecule has 0 spiro atoms. The standard InChI is InChI=1S/C12H22N4O4/c1-3-15-4-5-16(8-9(15)2)12(20)14-6-10(17)13-7-11(18)19/h9H,3-8H2,1-2H3,(H,13,17)(H,14,20)(H,18,19). The number of nitrogens with one attached hydrogen (secondary N) is 2. The van der Waals surface area contributed by atoms with Crippen molar-refractivity contribution >= 4 is 17.9 Å². The van der Waals surface area contributed by atoms with Crippen molar-refractivity contribution in [3.05, 3.63) is 0 Å². The molecular formula is C12H22N4O4. The van der Waals surface area contributed by atoms with Gasteiger partial charge in [0, 0.05) is 25.7 Å². The van der Waals surface area contributed by atoms with Crippen molar-refractivity contribution in [2.45, 2.75) is 19.9 Å². The van der Waals surface area contributed by atoms with Gasteiger partial charge in [-0.2, -0.15) is 0 Å². The average molecular weight is 286 g/mol. The van der Waals surface area contributed by atoms with E-state index in [9.17, 15) is 14.4 Å². The minimum Gasteiger partial charge on any atom is -0.480 e. The summed E-state index contributed by atoms with van der Waals surface area (Å²) in [6.07, 6.45) is 0. The van der Waals surface area contributed by atoms with Crippen LogP contribution < -0.4 is 10.6 Å². The van der Waals surface area contributed by atoms with E-state index in [0.29, 0.717) is 19.1 Å². The number of rotatable bonds is 5. The molecule has 0 bridgehead atoms. The Morgan fingerprint density at radius 2 is 1.90 bits per heavy atom. The molecule has 1 atom stereocenters. The number of urea groups is 1. The number of hydrogen-bond acceptors (Lipinski definition) is 4. The molecule has 0 aromatic heterocycles. The van der Waals surface area contributed by atoms with Crippen LogP contribution in [0.2, 0.25) is 0 Å². The highest BCUT2D eigenvalue weighted by atomic mass is 16.4. The van der Waals surface area contributed by atoms with Crippen LogP contribution in [0.1, 0.15) is 13.8 Å². The molecule has 3 N–H and O–H groups in total. The smallest absolute Gasteiger partial charge is 0.322 e. The summed E-state index contributed by atoms with van der Waals surface area (Å²) < 4.78 is 0. The fraction of sp³-hybridized carbons (Fsp3) is 0.750. The summed E-state index contributed by atoms with van der Waals surface area (Å²) in [6.45, 7) is 6.50. The first kappa shape index (κ1) is 16.2. The van der Waals surface area contributed by atoms with Crippen molar-refractivity contribution in [3.63, 3.8) is 0 Å². The highest BCUT2D eigenvalue weighted by Gasteiger charge is 2.25. The second kappa shape index (κ2) is 7.68. The van der Waals surface area contributed by atoms with Crippen LogP contribution in [0.15, 0.2) is 0 Å². The third-order valence-corrected chi connectivity index (χ3v) is 3.30. The second-order valence-electron chi connectivity index (χ2n) is 4.75.